The molecule has 0 saturated carbocycles. The number of aliphatic carboxylic acids is 1. The first-order valence-electron chi connectivity index (χ1n) is 5.83. The Hall–Kier alpha value is -0.830. The highest BCUT2D eigenvalue weighted by Crippen LogP contribution is 2.30. The summed E-state index contributed by atoms with van der Waals surface area (Å²) in [6.07, 6.45) is 2.24. The molecule has 0 saturated heterocycles. The molecule has 0 amide bonds. The minimum atomic E-state index is -0.703. The summed E-state index contributed by atoms with van der Waals surface area (Å²) in [5.41, 5.74) is 0. The third-order valence-electron chi connectivity index (χ3n) is 2.61. The summed E-state index contributed by atoms with van der Waals surface area (Å²) in [6, 6.07) is 4.24. The predicted molar refractivity (Wildman–Crippen MR) is 68.1 cm³/mol. The van der Waals surface area contributed by atoms with E-state index in [0.29, 0.717) is 5.92 Å². The average Bonchev–Trinajstić information content (AvgIpc) is 2.61. The molecule has 0 spiro atoms. The average molecular weight is 240 g/mol. The van der Waals surface area contributed by atoms with Crippen LogP contribution >= 0.6 is 11.3 Å². The largest absolute Gasteiger partial charge is 0.481 e. The fourth-order valence-corrected chi connectivity index (χ4v) is 3.19. The molecule has 1 aromatic heterocycles. The van der Waals surface area contributed by atoms with E-state index < -0.39 is 5.97 Å². The van der Waals surface area contributed by atoms with Crippen LogP contribution in [0.1, 0.15) is 49.3 Å². The van der Waals surface area contributed by atoms with Crippen molar-refractivity contribution >= 4 is 17.3 Å². The van der Waals surface area contributed by atoms with Gasteiger partial charge in [-0.05, 0) is 30.9 Å². The molecule has 0 radical (unpaired) electrons. The maximum absolute atomic E-state index is 10.7. The fraction of sp³-hybridized carbons (Fsp3) is 0.615. The molecule has 16 heavy (non-hydrogen) atoms. The van der Waals surface area contributed by atoms with Crippen LogP contribution in [-0.4, -0.2) is 11.1 Å². The SMILES string of the molecule is CCC(CC(=O)O)c1ccc(CC(C)C)s1. The molecule has 2 nitrogen and oxygen atoms in total. The Morgan fingerprint density at radius 2 is 2.12 bits per heavy atom. The zero-order valence-electron chi connectivity index (χ0n) is 10.2. The minimum absolute atomic E-state index is 0.184. The lowest BCUT2D eigenvalue weighted by atomic mass is 10.0. The van der Waals surface area contributed by atoms with Gasteiger partial charge in [-0.2, -0.15) is 0 Å². The molecule has 0 fully saturated rings. The Labute approximate surface area is 101 Å². The van der Waals surface area contributed by atoms with E-state index in [1.54, 1.807) is 11.3 Å². The number of thiophene rings is 1. The smallest absolute Gasteiger partial charge is 0.303 e. The molecule has 90 valence electrons. The monoisotopic (exact) mass is 240 g/mol. The fourth-order valence-electron chi connectivity index (χ4n) is 1.78. The Kier molecular flexibility index (Phi) is 5.00. The quantitative estimate of drug-likeness (QED) is 0.818. The van der Waals surface area contributed by atoms with Crippen LogP contribution in [0.15, 0.2) is 12.1 Å². The molecule has 0 bridgehead atoms. The van der Waals surface area contributed by atoms with E-state index in [1.165, 1.54) is 9.75 Å². The van der Waals surface area contributed by atoms with Crippen molar-refractivity contribution in [3.63, 3.8) is 0 Å². The Bertz CT molecular complexity index is 341. The maximum atomic E-state index is 10.7. The number of carbonyl (C=O) groups is 1. The Balaban J connectivity index is 2.70. The van der Waals surface area contributed by atoms with Gasteiger partial charge in [-0.1, -0.05) is 20.8 Å². The molecule has 3 heteroatoms. The number of carboxylic acids is 1. The summed E-state index contributed by atoms with van der Waals surface area (Å²) in [5.74, 6) is 0.139. The maximum Gasteiger partial charge on any atom is 0.303 e. The van der Waals surface area contributed by atoms with Gasteiger partial charge in [0.05, 0.1) is 6.42 Å². The summed E-state index contributed by atoms with van der Waals surface area (Å²) in [7, 11) is 0. The second-order valence-electron chi connectivity index (χ2n) is 4.61. The van der Waals surface area contributed by atoms with E-state index in [1.807, 2.05) is 0 Å². The van der Waals surface area contributed by atoms with E-state index in [-0.39, 0.29) is 12.3 Å². The Morgan fingerprint density at radius 3 is 2.62 bits per heavy atom. The molecule has 0 aliphatic carbocycles. The number of hydrogen-bond acceptors (Lipinski definition) is 2. The highest BCUT2D eigenvalue weighted by Gasteiger charge is 2.15. The summed E-state index contributed by atoms with van der Waals surface area (Å²) < 4.78 is 0. The van der Waals surface area contributed by atoms with Crippen molar-refractivity contribution in [3.8, 4) is 0 Å². The summed E-state index contributed by atoms with van der Waals surface area (Å²) in [4.78, 5) is 13.3. The van der Waals surface area contributed by atoms with Gasteiger partial charge in [0, 0.05) is 15.7 Å². The third-order valence-corrected chi connectivity index (χ3v) is 3.88. The molecule has 0 aliphatic heterocycles. The van der Waals surface area contributed by atoms with Crippen LogP contribution in [-0.2, 0) is 11.2 Å². The van der Waals surface area contributed by atoms with Crippen molar-refractivity contribution in [2.75, 3.05) is 0 Å². The predicted octanol–water partition coefficient (Wildman–Crippen LogP) is 3.91. The van der Waals surface area contributed by atoms with Gasteiger partial charge >= 0.3 is 5.97 Å². The van der Waals surface area contributed by atoms with Crippen molar-refractivity contribution in [1.29, 1.82) is 0 Å². The summed E-state index contributed by atoms with van der Waals surface area (Å²) in [6.45, 7) is 6.46. The number of carboxylic acid groups (broad SMARTS) is 1. The van der Waals surface area contributed by atoms with Crippen LogP contribution in [0.2, 0.25) is 0 Å². The van der Waals surface area contributed by atoms with E-state index in [0.717, 1.165) is 12.8 Å². The molecular weight excluding hydrogens is 220 g/mol. The van der Waals surface area contributed by atoms with Crippen molar-refractivity contribution < 1.29 is 9.90 Å². The molecule has 1 atom stereocenters. The highest BCUT2D eigenvalue weighted by atomic mass is 32.1. The highest BCUT2D eigenvalue weighted by molar-refractivity contribution is 7.12. The molecule has 0 aliphatic rings. The molecule has 1 N–H and O–H groups in total. The van der Waals surface area contributed by atoms with Gasteiger partial charge in [-0.3, -0.25) is 4.79 Å². The van der Waals surface area contributed by atoms with Gasteiger partial charge in [0.1, 0.15) is 0 Å². The first-order chi connectivity index (χ1) is 7.52. The number of hydrogen-bond donors (Lipinski definition) is 1. The molecular formula is C13H20O2S. The van der Waals surface area contributed by atoms with Crippen LogP contribution in [0.25, 0.3) is 0 Å². The minimum Gasteiger partial charge on any atom is -0.481 e. The van der Waals surface area contributed by atoms with Gasteiger partial charge in [0.25, 0.3) is 0 Å². The molecule has 1 aromatic rings. The summed E-state index contributed by atoms with van der Waals surface area (Å²) >= 11 is 1.77. The van der Waals surface area contributed by atoms with Crippen molar-refractivity contribution in [2.45, 2.75) is 46.0 Å². The van der Waals surface area contributed by atoms with Crippen molar-refractivity contribution in [2.24, 2.45) is 5.92 Å². The lowest BCUT2D eigenvalue weighted by Crippen LogP contribution is -2.03. The lowest BCUT2D eigenvalue weighted by molar-refractivity contribution is -0.137. The second-order valence-corrected chi connectivity index (χ2v) is 5.80. The summed E-state index contributed by atoms with van der Waals surface area (Å²) in [5, 5.41) is 8.83. The third kappa shape index (κ3) is 3.97. The molecule has 0 aromatic carbocycles. The van der Waals surface area contributed by atoms with Gasteiger partial charge in [0.15, 0.2) is 0 Å². The van der Waals surface area contributed by atoms with Crippen LogP contribution in [0.5, 0.6) is 0 Å². The van der Waals surface area contributed by atoms with E-state index in [4.69, 9.17) is 5.11 Å². The van der Waals surface area contributed by atoms with Gasteiger partial charge in [-0.25, -0.2) is 0 Å². The van der Waals surface area contributed by atoms with Crippen molar-refractivity contribution in [3.05, 3.63) is 21.9 Å². The first-order valence-corrected chi connectivity index (χ1v) is 6.65. The van der Waals surface area contributed by atoms with Crippen LogP contribution in [0, 0.1) is 5.92 Å². The molecule has 1 heterocycles. The van der Waals surface area contributed by atoms with Crippen LogP contribution < -0.4 is 0 Å². The van der Waals surface area contributed by atoms with E-state index >= 15 is 0 Å². The van der Waals surface area contributed by atoms with E-state index in [9.17, 15) is 4.79 Å². The first kappa shape index (κ1) is 13.2. The van der Waals surface area contributed by atoms with Gasteiger partial charge in [-0.15, -0.1) is 11.3 Å². The standard InChI is InChI=1S/C13H20O2S/c1-4-10(8-13(14)15)12-6-5-11(16-12)7-9(2)3/h5-6,9-10H,4,7-8H2,1-3H3,(H,14,15). The lowest BCUT2D eigenvalue weighted by Gasteiger charge is -2.09. The number of rotatable bonds is 6. The zero-order valence-corrected chi connectivity index (χ0v) is 11.0. The Morgan fingerprint density at radius 1 is 1.44 bits per heavy atom. The normalized spacial score (nSPS) is 13.0. The van der Waals surface area contributed by atoms with Crippen LogP contribution in [0.4, 0.5) is 0 Å². The van der Waals surface area contributed by atoms with E-state index in [2.05, 4.69) is 32.9 Å². The van der Waals surface area contributed by atoms with Gasteiger partial charge in [0.2, 0.25) is 0 Å². The topological polar surface area (TPSA) is 37.3 Å². The second kappa shape index (κ2) is 6.04. The zero-order chi connectivity index (χ0) is 12.1. The molecule has 1 unspecified atom stereocenters. The van der Waals surface area contributed by atoms with Crippen LogP contribution in [0.3, 0.4) is 0 Å². The van der Waals surface area contributed by atoms with Crippen molar-refractivity contribution in [1.82, 2.24) is 0 Å². The molecule has 1 rings (SSSR count). The van der Waals surface area contributed by atoms with Gasteiger partial charge < -0.3 is 5.11 Å².